The molecule has 1 unspecified atom stereocenters. The number of halogens is 1. The Balaban J connectivity index is 2.00. The van der Waals surface area contributed by atoms with E-state index in [1.807, 2.05) is 0 Å². The van der Waals surface area contributed by atoms with Crippen molar-refractivity contribution in [1.29, 1.82) is 0 Å². The summed E-state index contributed by atoms with van der Waals surface area (Å²) >= 11 is 7.06. The number of thiophene rings is 1. The molecule has 2 rings (SSSR count). The molecule has 2 aromatic heterocycles. The van der Waals surface area contributed by atoms with E-state index in [-0.39, 0.29) is 0 Å². The first-order valence-corrected chi connectivity index (χ1v) is 8.01. The van der Waals surface area contributed by atoms with Gasteiger partial charge in [0.15, 0.2) is 0 Å². The van der Waals surface area contributed by atoms with E-state index in [4.69, 9.17) is 0 Å². The van der Waals surface area contributed by atoms with E-state index < -0.39 is 0 Å². The molecular weight excluding hydrogens is 316 g/mol. The van der Waals surface area contributed by atoms with Crippen LogP contribution in [0.4, 0.5) is 0 Å². The smallest absolute Gasteiger partial charge is 0.0900 e. The second-order valence-corrected chi connectivity index (χ2v) is 6.86. The Labute approximate surface area is 118 Å². The quantitative estimate of drug-likeness (QED) is 0.896. The summed E-state index contributed by atoms with van der Waals surface area (Å²) in [5.41, 5.74) is 2.47. The van der Waals surface area contributed by atoms with Crippen LogP contribution in [0.25, 0.3) is 0 Å². The lowest BCUT2D eigenvalue weighted by atomic mass is 10.2. The summed E-state index contributed by atoms with van der Waals surface area (Å²) in [5, 5.41) is 8.97. The van der Waals surface area contributed by atoms with Crippen molar-refractivity contribution in [3.05, 3.63) is 36.4 Å². The molecular formula is C12H15BrN2S2. The molecule has 0 amide bonds. The maximum absolute atomic E-state index is 4.47. The Bertz CT molecular complexity index is 504. The van der Waals surface area contributed by atoms with Crippen molar-refractivity contribution in [1.82, 2.24) is 10.3 Å². The van der Waals surface area contributed by atoms with Crippen molar-refractivity contribution < 1.29 is 0 Å². The van der Waals surface area contributed by atoms with Crippen molar-refractivity contribution >= 4 is 38.6 Å². The number of nitrogens with zero attached hydrogens (tertiary/aromatic N) is 1. The van der Waals surface area contributed by atoms with Gasteiger partial charge in [0.2, 0.25) is 0 Å². The Morgan fingerprint density at radius 1 is 1.41 bits per heavy atom. The molecule has 17 heavy (non-hydrogen) atoms. The molecule has 1 atom stereocenters. The summed E-state index contributed by atoms with van der Waals surface area (Å²) in [4.78, 5) is 5.81. The van der Waals surface area contributed by atoms with Crippen LogP contribution < -0.4 is 5.32 Å². The summed E-state index contributed by atoms with van der Waals surface area (Å²) in [7, 11) is 0. The first kappa shape index (κ1) is 13.2. The molecule has 92 valence electrons. The zero-order valence-corrected chi connectivity index (χ0v) is 13.3. The molecule has 0 aliphatic carbocycles. The molecule has 0 saturated carbocycles. The topological polar surface area (TPSA) is 24.9 Å². The normalized spacial score (nSPS) is 12.9. The Morgan fingerprint density at radius 2 is 2.18 bits per heavy atom. The van der Waals surface area contributed by atoms with Gasteiger partial charge in [0, 0.05) is 27.3 Å². The molecule has 0 aliphatic heterocycles. The minimum atomic E-state index is 0.355. The van der Waals surface area contributed by atoms with Crippen LogP contribution in [0.5, 0.6) is 0 Å². The molecule has 0 aromatic carbocycles. The van der Waals surface area contributed by atoms with Gasteiger partial charge in [0.25, 0.3) is 0 Å². The van der Waals surface area contributed by atoms with Crippen LogP contribution in [0, 0.1) is 13.8 Å². The van der Waals surface area contributed by atoms with Gasteiger partial charge < -0.3 is 5.32 Å². The van der Waals surface area contributed by atoms with Gasteiger partial charge in [-0.3, -0.25) is 0 Å². The van der Waals surface area contributed by atoms with Gasteiger partial charge in [-0.2, -0.15) is 11.3 Å². The van der Waals surface area contributed by atoms with Crippen molar-refractivity contribution in [2.24, 2.45) is 0 Å². The highest BCUT2D eigenvalue weighted by Crippen LogP contribution is 2.26. The average Bonchev–Trinajstić information content (AvgIpc) is 2.81. The van der Waals surface area contributed by atoms with E-state index in [1.54, 1.807) is 22.7 Å². The lowest BCUT2D eigenvalue weighted by Gasteiger charge is -2.12. The second-order valence-electron chi connectivity index (χ2n) is 4.03. The lowest BCUT2D eigenvalue weighted by molar-refractivity contribution is 0.579. The van der Waals surface area contributed by atoms with Gasteiger partial charge in [-0.1, -0.05) is 0 Å². The molecule has 0 bridgehead atoms. The molecule has 0 radical (unpaired) electrons. The zero-order valence-electron chi connectivity index (χ0n) is 10.1. The molecule has 1 N–H and O–H groups in total. The number of aromatic nitrogens is 1. The van der Waals surface area contributed by atoms with Crippen molar-refractivity contribution in [2.75, 3.05) is 0 Å². The fourth-order valence-corrected chi connectivity index (χ4v) is 4.14. The highest BCUT2D eigenvalue weighted by molar-refractivity contribution is 9.10. The van der Waals surface area contributed by atoms with Crippen molar-refractivity contribution in [3.63, 3.8) is 0 Å². The monoisotopic (exact) mass is 330 g/mol. The van der Waals surface area contributed by atoms with Gasteiger partial charge in [-0.05, 0) is 47.6 Å². The van der Waals surface area contributed by atoms with Crippen LogP contribution in [0.15, 0.2) is 15.2 Å². The molecule has 2 nitrogen and oxygen atoms in total. The summed E-state index contributed by atoms with van der Waals surface area (Å²) in [6, 6.07) is 0.355. The van der Waals surface area contributed by atoms with E-state index in [9.17, 15) is 0 Å². The van der Waals surface area contributed by atoms with E-state index in [2.05, 4.69) is 57.8 Å². The average molecular weight is 331 g/mol. The number of thiazole rings is 1. The summed E-state index contributed by atoms with van der Waals surface area (Å²) in [5.74, 6) is 0. The standard InChI is InChI=1S/C12H15BrN2S2/c1-7(12-8(2)15-9(3)17-12)14-4-10-5-16-6-11(10)13/h5-7,14H,4H2,1-3H3. The molecule has 2 heterocycles. The Morgan fingerprint density at radius 3 is 2.71 bits per heavy atom. The fourth-order valence-electron chi connectivity index (χ4n) is 1.74. The third kappa shape index (κ3) is 3.16. The van der Waals surface area contributed by atoms with E-state index in [0.29, 0.717) is 6.04 Å². The number of hydrogen-bond donors (Lipinski definition) is 1. The zero-order chi connectivity index (χ0) is 12.4. The van der Waals surface area contributed by atoms with Gasteiger partial charge in [0.1, 0.15) is 0 Å². The van der Waals surface area contributed by atoms with E-state index in [0.717, 1.165) is 17.2 Å². The SMILES string of the molecule is Cc1nc(C)c(C(C)NCc2cscc2Br)s1. The molecule has 0 fully saturated rings. The van der Waals surface area contributed by atoms with Gasteiger partial charge in [0.05, 0.1) is 10.7 Å². The first-order chi connectivity index (χ1) is 8.08. The van der Waals surface area contributed by atoms with Crippen LogP contribution in [0.1, 0.15) is 34.1 Å². The van der Waals surface area contributed by atoms with Crippen molar-refractivity contribution in [3.8, 4) is 0 Å². The highest BCUT2D eigenvalue weighted by Gasteiger charge is 2.12. The van der Waals surface area contributed by atoms with Crippen LogP contribution in [0.3, 0.4) is 0 Å². The minimum absolute atomic E-state index is 0.355. The van der Waals surface area contributed by atoms with E-state index >= 15 is 0 Å². The lowest BCUT2D eigenvalue weighted by Crippen LogP contribution is -2.17. The highest BCUT2D eigenvalue weighted by atomic mass is 79.9. The number of nitrogens with one attached hydrogen (secondary N) is 1. The van der Waals surface area contributed by atoms with Crippen molar-refractivity contribution in [2.45, 2.75) is 33.4 Å². The summed E-state index contributed by atoms with van der Waals surface area (Å²) in [6.45, 7) is 7.22. The van der Waals surface area contributed by atoms with E-state index in [1.165, 1.54) is 14.9 Å². The van der Waals surface area contributed by atoms with Crippen LogP contribution in [-0.2, 0) is 6.54 Å². The number of aryl methyl sites for hydroxylation is 2. The molecule has 0 saturated heterocycles. The Kier molecular flexibility index (Phi) is 4.36. The maximum atomic E-state index is 4.47. The molecule has 2 aromatic rings. The first-order valence-electron chi connectivity index (χ1n) is 5.46. The fraction of sp³-hybridized carbons (Fsp3) is 0.417. The third-order valence-corrected chi connectivity index (χ3v) is 5.71. The van der Waals surface area contributed by atoms with Crippen LogP contribution >= 0.6 is 38.6 Å². The van der Waals surface area contributed by atoms with Crippen LogP contribution in [-0.4, -0.2) is 4.98 Å². The molecule has 0 spiro atoms. The van der Waals surface area contributed by atoms with Gasteiger partial charge >= 0.3 is 0 Å². The second kappa shape index (κ2) is 5.61. The number of hydrogen-bond acceptors (Lipinski definition) is 4. The number of rotatable bonds is 4. The largest absolute Gasteiger partial charge is 0.305 e. The predicted molar refractivity (Wildman–Crippen MR) is 78.9 cm³/mol. The minimum Gasteiger partial charge on any atom is -0.305 e. The van der Waals surface area contributed by atoms with Gasteiger partial charge in [-0.25, -0.2) is 4.98 Å². The Hall–Kier alpha value is -0.230. The van der Waals surface area contributed by atoms with Gasteiger partial charge in [-0.15, -0.1) is 11.3 Å². The maximum Gasteiger partial charge on any atom is 0.0900 e. The summed E-state index contributed by atoms with van der Waals surface area (Å²) < 4.78 is 1.19. The molecule has 5 heteroatoms. The molecule has 0 aliphatic rings. The third-order valence-electron chi connectivity index (χ3n) is 2.62. The predicted octanol–water partition coefficient (Wildman–Crippen LogP) is 4.43. The summed E-state index contributed by atoms with van der Waals surface area (Å²) in [6.07, 6.45) is 0. The van der Waals surface area contributed by atoms with Crippen LogP contribution in [0.2, 0.25) is 0 Å².